The van der Waals surface area contributed by atoms with E-state index in [1.54, 1.807) is 0 Å². The molecule has 2 N–H and O–H groups in total. The van der Waals surface area contributed by atoms with E-state index in [9.17, 15) is 5.11 Å². The number of anilines is 1. The number of morpholine rings is 1. The summed E-state index contributed by atoms with van der Waals surface area (Å²) in [6.45, 7) is 8.10. The summed E-state index contributed by atoms with van der Waals surface area (Å²) in [5.74, 6) is 0.615. The van der Waals surface area contributed by atoms with Gasteiger partial charge in [-0.3, -0.25) is 0 Å². The molecule has 0 bridgehead atoms. The molecule has 0 radical (unpaired) electrons. The molecule has 3 rings (SSSR count). The van der Waals surface area contributed by atoms with Crippen molar-refractivity contribution in [3.63, 3.8) is 0 Å². The number of aliphatic hydroxyl groups is 1. The van der Waals surface area contributed by atoms with Gasteiger partial charge in [0.1, 0.15) is 0 Å². The molecule has 1 aliphatic heterocycles. The fourth-order valence-electron chi connectivity index (χ4n) is 4.20. The maximum atomic E-state index is 9.81. The quantitative estimate of drug-likeness (QED) is 0.870. The zero-order chi connectivity index (χ0) is 16.9. The summed E-state index contributed by atoms with van der Waals surface area (Å²) in [4.78, 5) is 2.46. The molecule has 1 aliphatic carbocycles. The monoisotopic (exact) mass is 332 g/mol. The molecule has 1 saturated carbocycles. The van der Waals surface area contributed by atoms with Crippen LogP contribution in [0.2, 0.25) is 0 Å². The second-order valence-corrected chi connectivity index (χ2v) is 7.61. The van der Waals surface area contributed by atoms with Crippen LogP contribution in [-0.2, 0) is 11.3 Å². The van der Waals surface area contributed by atoms with E-state index in [1.165, 1.54) is 17.7 Å². The summed E-state index contributed by atoms with van der Waals surface area (Å²) in [5.41, 5.74) is 2.69. The highest BCUT2D eigenvalue weighted by molar-refractivity contribution is 5.54. The highest BCUT2D eigenvalue weighted by atomic mass is 16.5. The maximum absolute atomic E-state index is 9.81. The van der Waals surface area contributed by atoms with Gasteiger partial charge in [-0.15, -0.1) is 0 Å². The normalized spacial score (nSPS) is 31.2. The minimum absolute atomic E-state index is 0.0887. The van der Waals surface area contributed by atoms with Crippen molar-refractivity contribution in [1.82, 2.24) is 5.32 Å². The highest BCUT2D eigenvalue weighted by Crippen LogP contribution is 2.26. The molecule has 4 heteroatoms. The second kappa shape index (κ2) is 8.32. The predicted octanol–water partition coefficient (Wildman–Crippen LogP) is 2.94. The summed E-state index contributed by atoms with van der Waals surface area (Å²) in [5, 5.41) is 13.4. The lowest BCUT2D eigenvalue weighted by Gasteiger charge is -2.38. The lowest BCUT2D eigenvalue weighted by atomic mass is 9.87. The summed E-state index contributed by atoms with van der Waals surface area (Å²) in [6.07, 6.45) is 4.80. The van der Waals surface area contributed by atoms with Crippen LogP contribution in [0.4, 0.5) is 5.69 Å². The first-order valence-electron chi connectivity index (χ1n) is 9.49. The van der Waals surface area contributed by atoms with Crippen LogP contribution in [-0.4, -0.2) is 43.1 Å². The molecule has 2 aliphatic rings. The number of hydrogen-bond donors (Lipinski definition) is 2. The Morgan fingerprint density at radius 2 is 1.92 bits per heavy atom. The van der Waals surface area contributed by atoms with Crippen molar-refractivity contribution in [2.75, 3.05) is 24.5 Å². The van der Waals surface area contributed by atoms with Crippen molar-refractivity contribution < 1.29 is 9.84 Å². The van der Waals surface area contributed by atoms with Crippen molar-refractivity contribution in [1.29, 1.82) is 0 Å². The van der Waals surface area contributed by atoms with E-state index in [0.717, 1.165) is 45.4 Å². The summed E-state index contributed by atoms with van der Waals surface area (Å²) in [6, 6.07) is 8.70. The fourth-order valence-corrected chi connectivity index (χ4v) is 4.20. The van der Waals surface area contributed by atoms with Gasteiger partial charge in [0, 0.05) is 25.3 Å². The molecule has 0 spiro atoms. The molecule has 1 aromatic carbocycles. The molecule has 1 aromatic rings. The third-order valence-corrected chi connectivity index (χ3v) is 5.26. The molecule has 134 valence electrons. The van der Waals surface area contributed by atoms with Gasteiger partial charge in [-0.1, -0.05) is 24.6 Å². The van der Waals surface area contributed by atoms with E-state index in [0.29, 0.717) is 5.92 Å². The van der Waals surface area contributed by atoms with E-state index in [4.69, 9.17) is 4.74 Å². The topological polar surface area (TPSA) is 44.7 Å². The van der Waals surface area contributed by atoms with E-state index in [2.05, 4.69) is 48.3 Å². The van der Waals surface area contributed by atoms with Crippen LogP contribution in [0.15, 0.2) is 24.3 Å². The van der Waals surface area contributed by atoms with Crippen molar-refractivity contribution in [3.05, 3.63) is 29.8 Å². The Morgan fingerprint density at radius 1 is 1.17 bits per heavy atom. The van der Waals surface area contributed by atoms with Gasteiger partial charge in [0.25, 0.3) is 0 Å². The molecule has 4 atom stereocenters. The molecule has 2 fully saturated rings. The van der Waals surface area contributed by atoms with E-state index >= 15 is 0 Å². The van der Waals surface area contributed by atoms with E-state index in [-0.39, 0.29) is 18.3 Å². The lowest BCUT2D eigenvalue weighted by molar-refractivity contribution is -0.00526. The van der Waals surface area contributed by atoms with E-state index in [1.807, 2.05) is 0 Å². The molecular formula is C20H32N2O2. The first-order chi connectivity index (χ1) is 11.6. The van der Waals surface area contributed by atoms with E-state index < -0.39 is 0 Å². The third-order valence-electron chi connectivity index (χ3n) is 5.26. The number of para-hydroxylation sites is 1. The number of benzene rings is 1. The maximum Gasteiger partial charge on any atom is 0.0726 e. The zero-order valence-corrected chi connectivity index (χ0v) is 15.1. The van der Waals surface area contributed by atoms with Crippen LogP contribution < -0.4 is 10.2 Å². The van der Waals surface area contributed by atoms with Gasteiger partial charge in [0.15, 0.2) is 0 Å². The first-order valence-corrected chi connectivity index (χ1v) is 9.49. The fraction of sp³-hybridized carbons (Fsp3) is 0.700. The first kappa shape index (κ1) is 17.7. The Labute approximate surface area is 146 Å². The van der Waals surface area contributed by atoms with Crippen molar-refractivity contribution >= 4 is 5.69 Å². The zero-order valence-electron chi connectivity index (χ0n) is 15.1. The molecular weight excluding hydrogens is 300 g/mol. The molecule has 1 heterocycles. The Balaban J connectivity index is 1.58. The Bertz CT molecular complexity index is 512. The standard InChI is InChI=1S/C20H32N2O2/c1-15-13-22(14-16(2)24-15)20-9-4-3-7-18(20)12-21-11-17-6-5-8-19(23)10-17/h3-4,7,9,15-17,19,21,23H,5-6,8,10-14H2,1-2H3. The lowest BCUT2D eigenvalue weighted by Crippen LogP contribution is -2.46. The van der Waals surface area contributed by atoms with Crippen LogP contribution in [0.1, 0.15) is 45.1 Å². The average molecular weight is 332 g/mol. The number of hydrogen-bond acceptors (Lipinski definition) is 4. The second-order valence-electron chi connectivity index (χ2n) is 7.61. The van der Waals surface area contributed by atoms with Gasteiger partial charge in [0.05, 0.1) is 18.3 Å². The highest BCUT2D eigenvalue weighted by Gasteiger charge is 2.24. The molecule has 4 nitrogen and oxygen atoms in total. The average Bonchev–Trinajstić information content (AvgIpc) is 2.54. The summed E-state index contributed by atoms with van der Waals surface area (Å²) >= 11 is 0. The largest absolute Gasteiger partial charge is 0.393 e. The van der Waals surface area contributed by atoms with Gasteiger partial charge in [0.2, 0.25) is 0 Å². The van der Waals surface area contributed by atoms with Gasteiger partial charge in [-0.2, -0.15) is 0 Å². The number of nitrogens with zero attached hydrogens (tertiary/aromatic N) is 1. The summed E-state index contributed by atoms with van der Waals surface area (Å²) < 4.78 is 5.87. The van der Waals surface area contributed by atoms with Gasteiger partial charge in [-0.05, 0) is 57.2 Å². The Morgan fingerprint density at radius 3 is 2.67 bits per heavy atom. The van der Waals surface area contributed by atoms with Crippen molar-refractivity contribution in [3.8, 4) is 0 Å². The third kappa shape index (κ3) is 4.71. The molecule has 0 aromatic heterocycles. The van der Waals surface area contributed by atoms with Crippen LogP contribution in [0.25, 0.3) is 0 Å². The number of rotatable bonds is 5. The molecule has 1 saturated heterocycles. The van der Waals surface area contributed by atoms with Crippen LogP contribution in [0.3, 0.4) is 0 Å². The number of ether oxygens (including phenoxy) is 1. The van der Waals surface area contributed by atoms with Crippen LogP contribution in [0, 0.1) is 5.92 Å². The number of nitrogens with one attached hydrogen (secondary N) is 1. The smallest absolute Gasteiger partial charge is 0.0726 e. The van der Waals surface area contributed by atoms with Gasteiger partial charge < -0.3 is 20.1 Å². The minimum Gasteiger partial charge on any atom is -0.393 e. The molecule has 0 amide bonds. The van der Waals surface area contributed by atoms with Gasteiger partial charge in [-0.25, -0.2) is 0 Å². The van der Waals surface area contributed by atoms with Crippen LogP contribution in [0.5, 0.6) is 0 Å². The molecule has 24 heavy (non-hydrogen) atoms. The number of aliphatic hydroxyl groups excluding tert-OH is 1. The van der Waals surface area contributed by atoms with Crippen molar-refractivity contribution in [2.45, 2.75) is 64.4 Å². The van der Waals surface area contributed by atoms with Crippen LogP contribution >= 0.6 is 0 Å². The Hall–Kier alpha value is -1.10. The molecule has 4 unspecified atom stereocenters. The SMILES string of the molecule is CC1CN(c2ccccc2CNCC2CCCC(O)C2)CC(C)O1. The van der Waals surface area contributed by atoms with Gasteiger partial charge >= 0.3 is 0 Å². The van der Waals surface area contributed by atoms with Crippen molar-refractivity contribution in [2.24, 2.45) is 5.92 Å². The minimum atomic E-state index is -0.0887. The summed E-state index contributed by atoms with van der Waals surface area (Å²) in [7, 11) is 0. The Kier molecular flexibility index (Phi) is 6.14. The predicted molar refractivity (Wildman–Crippen MR) is 98.3 cm³/mol.